The summed E-state index contributed by atoms with van der Waals surface area (Å²) >= 11 is 2.59. The molecule has 0 aliphatic carbocycles. The van der Waals surface area contributed by atoms with Crippen molar-refractivity contribution in [3.63, 3.8) is 0 Å². The van der Waals surface area contributed by atoms with Gasteiger partial charge in [0.1, 0.15) is 5.69 Å². The standard InChI is InChI=1S/C16H14ClF3N2O4S2/c1-3-28(25,26)13-8-10(17)9-21-14(13)15(23)22(2)11-4-6-12(7-5-11)27(24)16(18,19)20/h4-9H,3H2,1-2H3. The Balaban J connectivity index is 2.38. The third-order valence-electron chi connectivity index (χ3n) is 3.69. The average Bonchev–Trinajstić information content (AvgIpc) is 2.65. The normalized spacial score (nSPS) is 13.2. The van der Waals surface area contributed by atoms with Gasteiger partial charge in [-0.05, 0) is 30.3 Å². The second kappa shape index (κ2) is 8.27. The molecule has 0 aliphatic rings. The molecule has 1 amide bonds. The predicted molar refractivity (Wildman–Crippen MR) is 98.6 cm³/mol. The zero-order valence-corrected chi connectivity index (χ0v) is 16.9. The summed E-state index contributed by atoms with van der Waals surface area (Å²) < 4.78 is 73.4. The van der Waals surface area contributed by atoms with E-state index in [-0.39, 0.29) is 27.1 Å². The molecule has 28 heavy (non-hydrogen) atoms. The zero-order valence-electron chi connectivity index (χ0n) is 14.5. The molecule has 0 spiro atoms. The Labute approximate surface area is 167 Å². The quantitative estimate of drug-likeness (QED) is 0.645. The zero-order chi connectivity index (χ0) is 21.3. The van der Waals surface area contributed by atoms with Gasteiger partial charge >= 0.3 is 5.51 Å². The lowest BCUT2D eigenvalue weighted by Gasteiger charge is -2.19. The molecule has 0 aliphatic heterocycles. The van der Waals surface area contributed by atoms with Crippen LogP contribution in [0.2, 0.25) is 5.02 Å². The first-order valence-corrected chi connectivity index (χ1v) is 10.8. The molecule has 0 radical (unpaired) electrons. The van der Waals surface area contributed by atoms with Crippen LogP contribution in [0.15, 0.2) is 46.3 Å². The van der Waals surface area contributed by atoms with Gasteiger partial charge in [-0.15, -0.1) is 13.2 Å². The number of pyridine rings is 1. The number of nitrogens with zero attached hydrogens (tertiary/aromatic N) is 2. The van der Waals surface area contributed by atoms with Gasteiger partial charge in [0.05, 0.1) is 26.8 Å². The lowest BCUT2D eigenvalue weighted by atomic mass is 10.2. The summed E-state index contributed by atoms with van der Waals surface area (Å²) in [6.45, 7) is 1.40. The summed E-state index contributed by atoms with van der Waals surface area (Å²) in [7, 11) is -2.50. The van der Waals surface area contributed by atoms with Crippen LogP contribution in [-0.2, 0) is 21.0 Å². The van der Waals surface area contributed by atoms with Gasteiger partial charge in [0.15, 0.2) is 14.7 Å². The van der Waals surface area contributed by atoms with Crippen LogP contribution in [-0.4, -0.2) is 42.2 Å². The third kappa shape index (κ3) is 4.77. The van der Waals surface area contributed by atoms with Crippen LogP contribution in [0, 0.1) is 0 Å². The fourth-order valence-corrected chi connectivity index (χ4v) is 4.10. The van der Waals surface area contributed by atoms with Gasteiger partial charge in [0.25, 0.3) is 5.91 Å². The second-order valence-electron chi connectivity index (χ2n) is 5.48. The van der Waals surface area contributed by atoms with E-state index in [0.717, 1.165) is 29.3 Å². The van der Waals surface area contributed by atoms with E-state index in [1.165, 1.54) is 26.1 Å². The van der Waals surface area contributed by atoms with Crippen molar-refractivity contribution < 1.29 is 30.9 Å². The van der Waals surface area contributed by atoms with Gasteiger partial charge in [-0.25, -0.2) is 13.4 Å². The molecule has 152 valence electrons. The number of aromatic nitrogens is 1. The molecule has 1 unspecified atom stereocenters. The topological polar surface area (TPSA) is 90.4 Å². The van der Waals surface area contributed by atoms with Crippen molar-refractivity contribution in [2.75, 3.05) is 17.7 Å². The van der Waals surface area contributed by atoms with E-state index in [1.807, 2.05) is 0 Å². The molecule has 0 N–H and O–H groups in total. The number of hydrogen-bond donors (Lipinski definition) is 0. The molecule has 2 rings (SSSR count). The maximum Gasteiger partial charge on any atom is 0.578 e. The first kappa shape index (κ1) is 22.5. The van der Waals surface area contributed by atoms with Crippen molar-refractivity contribution >= 4 is 44.2 Å². The molecule has 1 aromatic carbocycles. The van der Waals surface area contributed by atoms with E-state index in [4.69, 9.17) is 11.6 Å². The summed E-state index contributed by atoms with van der Waals surface area (Å²) in [6.07, 6.45) is 1.12. The Hall–Kier alpha value is -1.82. The maximum absolute atomic E-state index is 12.7. The third-order valence-corrected chi connectivity index (χ3v) is 6.76. The Bertz CT molecular complexity index is 982. The Morgan fingerprint density at radius 2 is 1.86 bits per heavy atom. The molecular formula is C16H14ClF3N2O4S2. The number of halogens is 4. The summed E-state index contributed by atoms with van der Waals surface area (Å²) in [5.41, 5.74) is -5.11. The minimum absolute atomic E-state index is 0.0326. The fourth-order valence-electron chi connectivity index (χ4n) is 2.18. The van der Waals surface area contributed by atoms with E-state index in [1.54, 1.807) is 0 Å². The molecule has 1 atom stereocenters. The van der Waals surface area contributed by atoms with Crippen molar-refractivity contribution in [1.29, 1.82) is 0 Å². The number of carbonyl (C=O) groups excluding carboxylic acids is 1. The highest BCUT2D eigenvalue weighted by atomic mass is 35.5. The smallest absolute Gasteiger partial charge is 0.578 e. The molecule has 12 heteroatoms. The van der Waals surface area contributed by atoms with E-state index in [9.17, 15) is 30.9 Å². The first-order chi connectivity index (χ1) is 12.9. The minimum Gasteiger partial charge on any atom is -0.604 e. The number of amides is 1. The van der Waals surface area contributed by atoms with Crippen LogP contribution in [0.5, 0.6) is 0 Å². The number of sulfone groups is 1. The molecule has 6 nitrogen and oxygen atoms in total. The number of alkyl halides is 3. The maximum atomic E-state index is 12.7. The summed E-state index contributed by atoms with van der Waals surface area (Å²) in [6, 6.07) is 5.40. The van der Waals surface area contributed by atoms with Crippen molar-refractivity contribution in [1.82, 2.24) is 4.98 Å². The number of carbonyl (C=O) groups is 1. The van der Waals surface area contributed by atoms with Crippen LogP contribution >= 0.6 is 11.6 Å². The van der Waals surface area contributed by atoms with E-state index < -0.39 is 37.3 Å². The molecule has 1 aromatic heterocycles. The number of benzene rings is 1. The highest BCUT2D eigenvalue weighted by Gasteiger charge is 2.46. The molecule has 2 aromatic rings. The Morgan fingerprint density at radius 3 is 2.36 bits per heavy atom. The van der Waals surface area contributed by atoms with Gasteiger partial charge in [-0.1, -0.05) is 18.5 Å². The largest absolute Gasteiger partial charge is 0.604 e. The van der Waals surface area contributed by atoms with Crippen LogP contribution < -0.4 is 4.90 Å². The first-order valence-electron chi connectivity index (χ1n) is 7.63. The SMILES string of the molecule is CCS(=O)(=O)c1cc(Cl)cnc1C(=O)N(C)c1ccc([S+]([O-])C(F)(F)F)cc1. The molecule has 0 bridgehead atoms. The monoisotopic (exact) mass is 454 g/mol. The van der Waals surface area contributed by atoms with Gasteiger partial charge in [0, 0.05) is 18.9 Å². The van der Waals surface area contributed by atoms with Crippen LogP contribution in [0.1, 0.15) is 17.4 Å². The van der Waals surface area contributed by atoms with Gasteiger partial charge in [0.2, 0.25) is 0 Å². The molecule has 0 saturated carbocycles. The summed E-state index contributed by atoms with van der Waals surface area (Å²) in [4.78, 5) is 16.8. The predicted octanol–water partition coefficient (Wildman–Crippen LogP) is 3.43. The average molecular weight is 455 g/mol. The van der Waals surface area contributed by atoms with Crippen LogP contribution in [0.3, 0.4) is 0 Å². The van der Waals surface area contributed by atoms with Gasteiger partial charge < -0.3 is 9.45 Å². The number of rotatable bonds is 5. The van der Waals surface area contributed by atoms with Gasteiger partial charge in [-0.3, -0.25) is 4.79 Å². The highest BCUT2D eigenvalue weighted by molar-refractivity contribution is 7.92. The van der Waals surface area contributed by atoms with Crippen LogP contribution in [0.25, 0.3) is 0 Å². The van der Waals surface area contributed by atoms with Crippen molar-refractivity contribution in [3.05, 3.63) is 47.2 Å². The lowest BCUT2D eigenvalue weighted by Crippen LogP contribution is -2.29. The fraction of sp³-hybridized carbons (Fsp3) is 0.250. The number of hydrogen-bond acceptors (Lipinski definition) is 5. The highest BCUT2D eigenvalue weighted by Crippen LogP contribution is 2.31. The molecule has 0 fully saturated rings. The minimum atomic E-state index is -4.90. The van der Waals surface area contributed by atoms with E-state index in [2.05, 4.69) is 4.98 Å². The van der Waals surface area contributed by atoms with Crippen LogP contribution in [0.4, 0.5) is 18.9 Å². The molecule has 0 saturated heterocycles. The summed E-state index contributed by atoms with van der Waals surface area (Å²) in [5, 5.41) is 0.0326. The number of anilines is 1. The van der Waals surface area contributed by atoms with E-state index in [0.29, 0.717) is 0 Å². The van der Waals surface area contributed by atoms with Crippen molar-refractivity contribution in [3.8, 4) is 0 Å². The second-order valence-corrected chi connectivity index (χ2v) is 9.63. The lowest BCUT2D eigenvalue weighted by molar-refractivity contribution is -0.0435. The van der Waals surface area contributed by atoms with E-state index >= 15 is 0 Å². The molecular weight excluding hydrogens is 441 g/mol. The van der Waals surface area contributed by atoms with Gasteiger partial charge in [-0.2, -0.15) is 0 Å². The van der Waals surface area contributed by atoms with Crippen molar-refractivity contribution in [2.45, 2.75) is 22.2 Å². The Morgan fingerprint density at radius 1 is 1.29 bits per heavy atom. The van der Waals surface area contributed by atoms with Crippen molar-refractivity contribution in [2.24, 2.45) is 0 Å². The molecule has 1 heterocycles. The summed E-state index contributed by atoms with van der Waals surface area (Å²) in [5.74, 6) is -1.08. The Kier molecular flexibility index (Phi) is 6.64.